The second-order valence-corrected chi connectivity index (χ2v) is 7.73. The van der Waals surface area contributed by atoms with E-state index in [4.69, 9.17) is 4.74 Å². The number of nitrogens with one attached hydrogen (secondary N) is 2. The summed E-state index contributed by atoms with van der Waals surface area (Å²) >= 11 is 0. The van der Waals surface area contributed by atoms with Crippen LogP contribution in [0.2, 0.25) is 0 Å². The molecule has 3 heteroatoms. The van der Waals surface area contributed by atoms with Crippen LogP contribution in [0.1, 0.15) is 59.8 Å². The quantitative estimate of drug-likeness (QED) is 0.678. The third kappa shape index (κ3) is 2.02. The lowest BCUT2D eigenvalue weighted by molar-refractivity contribution is -0.174. The summed E-state index contributed by atoms with van der Waals surface area (Å²) in [4.78, 5) is 0. The summed E-state index contributed by atoms with van der Waals surface area (Å²) in [6.45, 7) is 10.2. The van der Waals surface area contributed by atoms with Crippen molar-refractivity contribution in [3.8, 4) is 0 Å². The minimum Gasteiger partial charge on any atom is -0.353 e. The Kier molecular flexibility index (Phi) is 2.28. The van der Waals surface area contributed by atoms with Crippen molar-refractivity contribution < 1.29 is 4.74 Å². The van der Waals surface area contributed by atoms with Crippen LogP contribution in [0.3, 0.4) is 0 Å². The standard InChI is InChI=1S/C14H26N2O/c1-11(2)8-13(9-12(3,4)16-11)10-15-14(17-13)6-5-7-14/h15-16H,5-10H2,1-4H3. The largest absolute Gasteiger partial charge is 0.353 e. The summed E-state index contributed by atoms with van der Waals surface area (Å²) in [5.41, 5.74) is 0.430. The zero-order chi connectivity index (χ0) is 12.4. The van der Waals surface area contributed by atoms with Gasteiger partial charge >= 0.3 is 0 Å². The van der Waals surface area contributed by atoms with Gasteiger partial charge in [-0.1, -0.05) is 0 Å². The minimum atomic E-state index is 0.0451. The number of hydrogen-bond acceptors (Lipinski definition) is 3. The van der Waals surface area contributed by atoms with Crippen LogP contribution in [0.15, 0.2) is 0 Å². The number of ether oxygens (including phenoxy) is 1. The third-order valence-electron chi connectivity index (χ3n) is 4.51. The van der Waals surface area contributed by atoms with E-state index in [1.807, 2.05) is 0 Å². The molecule has 3 rings (SSSR count). The normalized spacial score (nSPS) is 36.0. The second kappa shape index (κ2) is 3.25. The summed E-state index contributed by atoms with van der Waals surface area (Å²) in [5.74, 6) is 0. The Morgan fingerprint density at radius 2 is 1.53 bits per heavy atom. The van der Waals surface area contributed by atoms with E-state index in [0.717, 1.165) is 19.4 Å². The molecule has 0 aromatic heterocycles. The van der Waals surface area contributed by atoms with Gasteiger partial charge in [0.2, 0.25) is 0 Å². The van der Waals surface area contributed by atoms with Gasteiger partial charge in [-0.15, -0.1) is 0 Å². The molecule has 2 aliphatic heterocycles. The van der Waals surface area contributed by atoms with Gasteiger partial charge in [-0.3, -0.25) is 5.32 Å². The first kappa shape index (κ1) is 11.9. The van der Waals surface area contributed by atoms with Crippen molar-refractivity contribution in [1.82, 2.24) is 10.6 Å². The van der Waals surface area contributed by atoms with E-state index in [-0.39, 0.29) is 22.4 Å². The first-order chi connectivity index (χ1) is 7.74. The minimum absolute atomic E-state index is 0.0451. The van der Waals surface area contributed by atoms with Crippen LogP contribution < -0.4 is 10.6 Å². The fraction of sp³-hybridized carbons (Fsp3) is 1.00. The molecule has 0 radical (unpaired) electrons. The maximum atomic E-state index is 6.53. The predicted molar refractivity (Wildman–Crippen MR) is 68.9 cm³/mol. The predicted octanol–water partition coefficient (Wildman–Crippen LogP) is 2.17. The van der Waals surface area contributed by atoms with Crippen molar-refractivity contribution in [2.24, 2.45) is 0 Å². The van der Waals surface area contributed by atoms with Crippen LogP contribution in [-0.4, -0.2) is 28.9 Å². The number of piperidine rings is 1. The highest BCUT2D eigenvalue weighted by Gasteiger charge is 2.57. The summed E-state index contributed by atoms with van der Waals surface area (Å²) in [5, 5.41) is 7.39. The summed E-state index contributed by atoms with van der Waals surface area (Å²) in [6, 6.07) is 0. The molecule has 0 bridgehead atoms. The van der Waals surface area contributed by atoms with Gasteiger partial charge in [0.25, 0.3) is 0 Å². The Balaban J connectivity index is 1.83. The first-order valence-corrected chi connectivity index (χ1v) is 6.99. The lowest BCUT2D eigenvalue weighted by Crippen LogP contribution is -2.64. The van der Waals surface area contributed by atoms with Gasteiger partial charge in [0.15, 0.2) is 0 Å². The molecule has 2 saturated heterocycles. The highest BCUT2D eigenvalue weighted by atomic mass is 16.6. The molecule has 3 aliphatic rings. The van der Waals surface area contributed by atoms with Crippen LogP contribution in [0.5, 0.6) is 0 Å². The topological polar surface area (TPSA) is 33.3 Å². The van der Waals surface area contributed by atoms with Gasteiger partial charge < -0.3 is 10.1 Å². The maximum Gasteiger partial charge on any atom is 0.120 e. The molecular formula is C14H26N2O. The summed E-state index contributed by atoms with van der Waals surface area (Å²) < 4.78 is 6.53. The van der Waals surface area contributed by atoms with Crippen molar-refractivity contribution in [2.45, 2.75) is 82.2 Å². The van der Waals surface area contributed by atoms with Crippen molar-refractivity contribution in [3.05, 3.63) is 0 Å². The molecule has 0 atom stereocenters. The van der Waals surface area contributed by atoms with E-state index in [9.17, 15) is 0 Å². The molecule has 2 N–H and O–H groups in total. The Bertz CT molecular complexity index is 315. The van der Waals surface area contributed by atoms with Gasteiger partial charge in [0.05, 0.1) is 5.60 Å². The average Bonchev–Trinajstić information content (AvgIpc) is 2.37. The molecule has 0 amide bonds. The Morgan fingerprint density at radius 3 is 1.94 bits per heavy atom. The number of rotatable bonds is 0. The Morgan fingerprint density at radius 1 is 0.941 bits per heavy atom. The van der Waals surface area contributed by atoms with E-state index < -0.39 is 0 Å². The SMILES string of the molecule is CC1(C)CC2(CNC3(CCC3)O2)CC(C)(C)N1. The molecule has 2 spiro atoms. The highest BCUT2D eigenvalue weighted by molar-refractivity contribution is 5.11. The number of hydrogen-bond donors (Lipinski definition) is 2. The van der Waals surface area contributed by atoms with Gasteiger partial charge in [0, 0.05) is 17.6 Å². The van der Waals surface area contributed by atoms with E-state index in [2.05, 4.69) is 38.3 Å². The Labute approximate surface area is 105 Å². The molecule has 17 heavy (non-hydrogen) atoms. The first-order valence-electron chi connectivity index (χ1n) is 6.99. The van der Waals surface area contributed by atoms with Gasteiger partial charge in [0.1, 0.15) is 5.72 Å². The van der Waals surface area contributed by atoms with Gasteiger partial charge in [-0.05, 0) is 59.8 Å². The molecule has 0 unspecified atom stereocenters. The molecule has 1 saturated carbocycles. The summed E-state index contributed by atoms with van der Waals surface area (Å²) in [6.07, 6.45) is 5.93. The molecule has 3 nitrogen and oxygen atoms in total. The van der Waals surface area contributed by atoms with Crippen LogP contribution in [0.25, 0.3) is 0 Å². The highest BCUT2D eigenvalue weighted by Crippen LogP contribution is 2.48. The molecular weight excluding hydrogens is 212 g/mol. The molecule has 1 aliphatic carbocycles. The lowest BCUT2D eigenvalue weighted by Gasteiger charge is -2.52. The zero-order valence-electron chi connectivity index (χ0n) is 11.7. The van der Waals surface area contributed by atoms with Crippen molar-refractivity contribution in [1.29, 1.82) is 0 Å². The molecule has 2 heterocycles. The van der Waals surface area contributed by atoms with Crippen molar-refractivity contribution in [2.75, 3.05) is 6.54 Å². The maximum absolute atomic E-state index is 6.53. The molecule has 98 valence electrons. The van der Waals surface area contributed by atoms with Crippen molar-refractivity contribution in [3.63, 3.8) is 0 Å². The fourth-order valence-electron chi connectivity index (χ4n) is 4.46. The smallest absolute Gasteiger partial charge is 0.120 e. The van der Waals surface area contributed by atoms with E-state index in [1.54, 1.807) is 0 Å². The lowest BCUT2D eigenvalue weighted by atomic mass is 9.73. The van der Waals surface area contributed by atoms with Crippen LogP contribution in [-0.2, 0) is 4.74 Å². The van der Waals surface area contributed by atoms with E-state index >= 15 is 0 Å². The fourth-order valence-corrected chi connectivity index (χ4v) is 4.46. The zero-order valence-corrected chi connectivity index (χ0v) is 11.7. The van der Waals surface area contributed by atoms with Gasteiger partial charge in [-0.25, -0.2) is 0 Å². The monoisotopic (exact) mass is 238 g/mol. The average molecular weight is 238 g/mol. The molecule has 0 aromatic rings. The van der Waals surface area contributed by atoms with Crippen LogP contribution in [0.4, 0.5) is 0 Å². The Hall–Kier alpha value is -0.120. The van der Waals surface area contributed by atoms with Crippen LogP contribution >= 0.6 is 0 Å². The van der Waals surface area contributed by atoms with E-state index in [0.29, 0.717) is 0 Å². The van der Waals surface area contributed by atoms with Gasteiger partial charge in [-0.2, -0.15) is 0 Å². The van der Waals surface area contributed by atoms with Crippen LogP contribution in [0, 0.1) is 0 Å². The summed E-state index contributed by atoms with van der Waals surface area (Å²) in [7, 11) is 0. The third-order valence-corrected chi connectivity index (χ3v) is 4.51. The van der Waals surface area contributed by atoms with E-state index in [1.165, 1.54) is 19.3 Å². The van der Waals surface area contributed by atoms with Crippen molar-refractivity contribution >= 4 is 0 Å². The molecule has 0 aromatic carbocycles. The molecule has 3 fully saturated rings. The second-order valence-electron chi connectivity index (χ2n) is 7.73.